The molecule has 0 bridgehead atoms. The zero-order valence-corrected chi connectivity index (χ0v) is 11.6. The number of benzene rings is 1. The van der Waals surface area contributed by atoms with Crippen LogP contribution in [0.5, 0.6) is 5.75 Å². The Labute approximate surface area is 118 Å². The molecule has 0 saturated heterocycles. The maximum atomic E-state index is 10.9. The summed E-state index contributed by atoms with van der Waals surface area (Å²) in [6, 6.07) is 5.25. The lowest BCUT2D eigenvalue weighted by atomic mass is 10.2. The molecule has 0 radical (unpaired) electrons. The van der Waals surface area contributed by atoms with Crippen LogP contribution in [0.4, 0.5) is 0 Å². The van der Waals surface area contributed by atoms with Gasteiger partial charge in [0.2, 0.25) is 11.7 Å². The summed E-state index contributed by atoms with van der Waals surface area (Å²) in [4.78, 5) is 15.2. The van der Waals surface area contributed by atoms with Gasteiger partial charge in [0.25, 0.3) is 0 Å². The second kappa shape index (κ2) is 5.13. The summed E-state index contributed by atoms with van der Waals surface area (Å²) in [6.07, 6.45) is 2.99. The summed E-state index contributed by atoms with van der Waals surface area (Å²) in [5.74, 6) is 2.13. The molecule has 0 N–H and O–H groups in total. The van der Waals surface area contributed by atoms with E-state index in [9.17, 15) is 4.79 Å². The molecule has 1 aliphatic rings. The number of aromatic nitrogens is 2. The molecule has 1 aliphatic carbocycles. The van der Waals surface area contributed by atoms with Crippen LogP contribution in [0.25, 0.3) is 0 Å². The Morgan fingerprint density at radius 1 is 1.47 bits per heavy atom. The molecule has 1 heterocycles. The van der Waals surface area contributed by atoms with Gasteiger partial charge in [-0.05, 0) is 31.0 Å². The highest BCUT2D eigenvalue weighted by atomic mass is 79.9. The number of halogens is 1. The Balaban J connectivity index is 1.69. The molecule has 1 aromatic carbocycles. The van der Waals surface area contributed by atoms with E-state index in [1.54, 1.807) is 12.1 Å². The number of rotatable bonds is 5. The normalized spacial score (nSPS) is 14.4. The van der Waals surface area contributed by atoms with Crippen molar-refractivity contribution >= 4 is 22.2 Å². The molecule has 0 aliphatic heterocycles. The van der Waals surface area contributed by atoms with Crippen molar-refractivity contribution in [2.24, 2.45) is 0 Å². The highest BCUT2D eigenvalue weighted by molar-refractivity contribution is 9.10. The number of hydrogen-bond donors (Lipinski definition) is 0. The van der Waals surface area contributed by atoms with E-state index in [-0.39, 0.29) is 6.61 Å². The van der Waals surface area contributed by atoms with Crippen LogP contribution in [0, 0.1) is 0 Å². The standard InChI is InChI=1S/C13H11BrN2O3/c14-10-3-4-11(9(5-10)6-17)18-7-12-15-13(19-16-12)8-1-2-8/h3-6,8H,1-2,7H2. The van der Waals surface area contributed by atoms with Crippen LogP contribution in [0.15, 0.2) is 27.2 Å². The van der Waals surface area contributed by atoms with Gasteiger partial charge in [-0.25, -0.2) is 0 Å². The summed E-state index contributed by atoms with van der Waals surface area (Å²) in [7, 11) is 0. The van der Waals surface area contributed by atoms with Crippen molar-refractivity contribution in [2.75, 3.05) is 0 Å². The maximum Gasteiger partial charge on any atom is 0.229 e. The molecule has 3 rings (SSSR count). The van der Waals surface area contributed by atoms with Crippen LogP contribution in [0.3, 0.4) is 0 Å². The van der Waals surface area contributed by atoms with Gasteiger partial charge in [0.15, 0.2) is 12.9 Å². The molecule has 0 amide bonds. The van der Waals surface area contributed by atoms with Crippen LogP contribution in [-0.4, -0.2) is 16.4 Å². The predicted octanol–water partition coefficient (Wildman–Crippen LogP) is 3.10. The third-order valence-corrected chi connectivity index (χ3v) is 3.36. The van der Waals surface area contributed by atoms with Gasteiger partial charge in [-0.3, -0.25) is 4.79 Å². The average Bonchev–Trinajstić information content (AvgIpc) is 3.17. The van der Waals surface area contributed by atoms with E-state index in [0.29, 0.717) is 28.9 Å². The van der Waals surface area contributed by atoms with Gasteiger partial charge < -0.3 is 9.26 Å². The van der Waals surface area contributed by atoms with Gasteiger partial charge in [-0.15, -0.1) is 0 Å². The zero-order chi connectivity index (χ0) is 13.2. The number of hydrogen-bond acceptors (Lipinski definition) is 5. The summed E-state index contributed by atoms with van der Waals surface area (Å²) in [5.41, 5.74) is 0.486. The Bertz CT molecular complexity index is 608. The molecule has 98 valence electrons. The molecule has 5 nitrogen and oxygen atoms in total. The van der Waals surface area contributed by atoms with E-state index in [1.807, 2.05) is 6.07 Å². The summed E-state index contributed by atoms with van der Waals surface area (Å²) < 4.78 is 11.5. The summed E-state index contributed by atoms with van der Waals surface area (Å²) in [5, 5.41) is 3.86. The minimum atomic E-state index is 0.193. The number of carbonyl (C=O) groups is 1. The van der Waals surface area contributed by atoms with Gasteiger partial charge in [-0.2, -0.15) is 4.98 Å². The fraction of sp³-hybridized carbons (Fsp3) is 0.308. The summed E-state index contributed by atoms with van der Waals surface area (Å²) >= 11 is 3.31. The van der Waals surface area contributed by atoms with E-state index >= 15 is 0 Å². The first-order valence-electron chi connectivity index (χ1n) is 5.96. The Kier molecular flexibility index (Phi) is 3.33. The zero-order valence-electron chi connectivity index (χ0n) is 10.0. The average molecular weight is 323 g/mol. The highest BCUT2D eigenvalue weighted by Gasteiger charge is 2.29. The second-order valence-electron chi connectivity index (χ2n) is 4.41. The van der Waals surface area contributed by atoms with Crippen LogP contribution in [0.2, 0.25) is 0 Å². The van der Waals surface area contributed by atoms with Gasteiger partial charge in [-0.1, -0.05) is 21.1 Å². The number of nitrogens with zero attached hydrogens (tertiary/aromatic N) is 2. The second-order valence-corrected chi connectivity index (χ2v) is 5.33. The summed E-state index contributed by atoms with van der Waals surface area (Å²) in [6.45, 7) is 0.193. The Hall–Kier alpha value is -1.69. The van der Waals surface area contributed by atoms with E-state index in [0.717, 1.165) is 23.6 Å². The van der Waals surface area contributed by atoms with Crippen molar-refractivity contribution in [3.8, 4) is 5.75 Å². The third-order valence-electron chi connectivity index (χ3n) is 2.87. The largest absolute Gasteiger partial charge is 0.485 e. The lowest BCUT2D eigenvalue weighted by Gasteiger charge is -2.06. The van der Waals surface area contributed by atoms with Crippen molar-refractivity contribution in [1.29, 1.82) is 0 Å². The molecule has 19 heavy (non-hydrogen) atoms. The van der Waals surface area contributed by atoms with Gasteiger partial charge >= 0.3 is 0 Å². The highest BCUT2D eigenvalue weighted by Crippen LogP contribution is 2.38. The predicted molar refractivity (Wildman–Crippen MR) is 70.1 cm³/mol. The topological polar surface area (TPSA) is 65.2 Å². The van der Waals surface area contributed by atoms with Gasteiger partial charge in [0, 0.05) is 10.4 Å². The van der Waals surface area contributed by atoms with Crippen molar-refractivity contribution in [3.63, 3.8) is 0 Å². The van der Waals surface area contributed by atoms with Crippen molar-refractivity contribution < 1.29 is 14.1 Å². The van der Waals surface area contributed by atoms with Crippen LogP contribution >= 0.6 is 15.9 Å². The molecule has 0 unspecified atom stereocenters. The minimum Gasteiger partial charge on any atom is -0.485 e. The Morgan fingerprint density at radius 3 is 3.05 bits per heavy atom. The van der Waals surface area contributed by atoms with Crippen LogP contribution in [0.1, 0.15) is 40.8 Å². The molecule has 1 fully saturated rings. The molecular weight excluding hydrogens is 312 g/mol. The van der Waals surface area contributed by atoms with Gasteiger partial charge in [0.05, 0.1) is 5.56 Å². The lowest BCUT2D eigenvalue weighted by molar-refractivity contribution is 0.111. The van der Waals surface area contributed by atoms with Crippen LogP contribution in [-0.2, 0) is 6.61 Å². The number of aldehydes is 1. The quantitative estimate of drug-likeness (QED) is 0.791. The van der Waals surface area contributed by atoms with E-state index in [1.165, 1.54) is 0 Å². The monoisotopic (exact) mass is 322 g/mol. The van der Waals surface area contributed by atoms with Crippen molar-refractivity contribution in [2.45, 2.75) is 25.4 Å². The molecular formula is C13H11BrN2O3. The molecule has 0 spiro atoms. The third kappa shape index (κ3) is 2.84. The van der Waals surface area contributed by atoms with E-state index in [4.69, 9.17) is 9.26 Å². The molecule has 2 aromatic rings. The van der Waals surface area contributed by atoms with Crippen molar-refractivity contribution in [3.05, 3.63) is 40.0 Å². The molecule has 0 atom stereocenters. The first kappa shape index (κ1) is 12.3. The van der Waals surface area contributed by atoms with Gasteiger partial charge in [0.1, 0.15) is 5.75 Å². The minimum absolute atomic E-state index is 0.193. The van der Waals surface area contributed by atoms with E-state index < -0.39 is 0 Å². The maximum absolute atomic E-state index is 10.9. The first-order valence-corrected chi connectivity index (χ1v) is 6.75. The lowest BCUT2D eigenvalue weighted by Crippen LogP contribution is -2.00. The number of ether oxygens (including phenoxy) is 1. The first-order chi connectivity index (χ1) is 9.26. The smallest absolute Gasteiger partial charge is 0.229 e. The van der Waals surface area contributed by atoms with E-state index in [2.05, 4.69) is 26.1 Å². The SMILES string of the molecule is O=Cc1cc(Br)ccc1OCc1noc(C2CC2)n1. The fourth-order valence-corrected chi connectivity index (χ4v) is 2.09. The molecule has 1 aromatic heterocycles. The fourth-order valence-electron chi connectivity index (χ4n) is 1.71. The molecule has 6 heteroatoms. The van der Waals surface area contributed by atoms with Crippen LogP contribution < -0.4 is 4.74 Å². The van der Waals surface area contributed by atoms with Crippen molar-refractivity contribution in [1.82, 2.24) is 10.1 Å². The number of carbonyl (C=O) groups excluding carboxylic acids is 1. The Morgan fingerprint density at radius 2 is 2.32 bits per heavy atom. The molecule has 1 saturated carbocycles.